The molecule has 0 aromatic rings. The summed E-state index contributed by atoms with van der Waals surface area (Å²) in [5.74, 6) is 0.324. The maximum Gasteiger partial charge on any atom is 0.407 e. The molecule has 0 spiro atoms. The zero-order valence-electron chi connectivity index (χ0n) is 16.1. The van der Waals surface area contributed by atoms with Crippen LogP contribution in [-0.4, -0.2) is 50.2 Å². The monoisotopic (exact) mass is 344 g/mol. The third kappa shape index (κ3) is 4.48. The molecule has 1 aliphatic heterocycles. The van der Waals surface area contributed by atoms with Crippen LogP contribution in [0.4, 0.5) is 4.79 Å². The van der Waals surface area contributed by atoms with E-state index >= 15 is 0 Å². The molecule has 0 saturated carbocycles. The van der Waals surface area contributed by atoms with Crippen molar-refractivity contribution in [3.05, 3.63) is 0 Å². The van der Waals surface area contributed by atoms with Gasteiger partial charge in [0.15, 0.2) is 8.32 Å². The Balaban J connectivity index is 2.94. The fourth-order valence-corrected chi connectivity index (χ4v) is 4.39. The molecule has 0 aromatic heterocycles. The number of carboxylic acid groups (broad SMARTS) is 1. The van der Waals surface area contributed by atoms with E-state index in [2.05, 4.69) is 54.6 Å². The van der Waals surface area contributed by atoms with Crippen LogP contribution in [0.2, 0.25) is 18.1 Å². The maximum absolute atomic E-state index is 11.7. The van der Waals surface area contributed by atoms with Crippen LogP contribution in [-0.2, 0) is 4.43 Å². The minimum Gasteiger partial charge on any atom is -0.465 e. The average molecular weight is 345 g/mol. The lowest BCUT2D eigenvalue weighted by molar-refractivity contribution is 0.0913. The van der Waals surface area contributed by atoms with Crippen molar-refractivity contribution >= 4 is 14.4 Å². The van der Waals surface area contributed by atoms with Crippen molar-refractivity contribution in [2.45, 2.75) is 65.7 Å². The van der Waals surface area contributed by atoms with Gasteiger partial charge in [-0.2, -0.15) is 0 Å². The van der Waals surface area contributed by atoms with Gasteiger partial charge in [0.1, 0.15) is 0 Å². The summed E-state index contributed by atoms with van der Waals surface area (Å²) in [5.41, 5.74) is 5.90. The van der Waals surface area contributed by atoms with Gasteiger partial charge in [0.05, 0.1) is 0 Å². The van der Waals surface area contributed by atoms with E-state index in [0.29, 0.717) is 19.7 Å². The average Bonchev–Trinajstić information content (AvgIpc) is 2.73. The molecule has 1 saturated heterocycles. The van der Waals surface area contributed by atoms with Gasteiger partial charge in [-0.3, -0.25) is 0 Å². The van der Waals surface area contributed by atoms with Crippen molar-refractivity contribution in [1.82, 2.24) is 4.90 Å². The molecule has 23 heavy (non-hydrogen) atoms. The van der Waals surface area contributed by atoms with Gasteiger partial charge < -0.3 is 20.2 Å². The highest BCUT2D eigenvalue weighted by molar-refractivity contribution is 6.74. The first kappa shape index (κ1) is 20.5. The van der Waals surface area contributed by atoms with Gasteiger partial charge in [-0.05, 0) is 36.0 Å². The second-order valence-corrected chi connectivity index (χ2v) is 14.3. The first-order valence-corrected chi connectivity index (χ1v) is 11.5. The number of nitrogens with two attached hydrogens (primary N) is 1. The quantitative estimate of drug-likeness (QED) is 0.764. The Labute approximate surface area is 142 Å². The molecule has 1 rings (SSSR count). The van der Waals surface area contributed by atoms with Gasteiger partial charge in [0.25, 0.3) is 0 Å². The van der Waals surface area contributed by atoms with Crippen molar-refractivity contribution in [2.24, 2.45) is 23.0 Å². The molecule has 3 N–H and O–H groups in total. The molecule has 3 unspecified atom stereocenters. The lowest BCUT2D eigenvalue weighted by Gasteiger charge is -2.38. The van der Waals surface area contributed by atoms with Crippen LogP contribution in [0.25, 0.3) is 0 Å². The lowest BCUT2D eigenvalue weighted by Crippen LogP contribution is -2.47. The number of nitrogens with zero attached hydrogens (tertiary/aromatic N) is 1. The van der Waals surface area contributed by atoms with Gasteiger partial charge in [0.2, 0.25) is 0 Å². The summed E-state index contributed by atoms with van der Waals surface area (Å²) in [6, 6.07) is -0.0574. The number of likely N-dealkylation sites (tertiary alicyclic amines) is 1. The zero-order valence-corrected chi connectivity index (χ0v) is 17.1. The molecule has 1 amide bonds. The van der Waals surface area contributed by atoms with Crippen LogP contribution in [0.1, 0.15) is 41.5 Å². The molecule has 0 bridgehead atoms. The molecule has 1 aliphatic rings. The van der Waals surface area contributed by atoms with E-state index in [9.17, 15) is 9.90 Å². The highest BCUT2D eigenvalue weighted by atomic mass is 28.4. The first-order chi connectivity index (χ1) is 10.2. The second kappa shape index (κ2) is 6.73. The minimum atomic E-state index is -1.84. The molecule has 3 atom stereocenters. The largest absolute Gasteiger partial charge is 0.465 e. The van der Waals surface area contributed by atoms with Gasteiger partial charge in [0, 0.05) is 25.1 Å². The van der Waals surface area contributed by atoms with Gasteiger partial charge in [-0.25, -0.2) is 4.79 Å². The summed E-state index contributed by atoms with van der Waals surface area (Å²) in [6.07, 6.45) is -0.849. The van der Waals surface area contributed by atoms with E-state index in [-0.39, 0.29) is 28.3 Å². The van der Waals surface area contributed by atoms with Crippen molar-refractivity contribution in [3.63, 3.8) is 0 Å². The van der Waals surface area contributed by atoms with E-state index in [1.165, 1.54) is 0 Å². The van der Waals surface area contributed by atoms with Crippen LogP contribution in [0.3, 0.4) is 0 Å². The van der Waals surface area contributed by atoms with Crippen molar-refractivity contribution in [2.75, 3.05) is 19.7 Å². The molecular formula is C17H36N2O3Si. The Bertz CT molecular complexity index is 427. The third-order valence-corrected chi connectivity index (χ3v) is 10.1. The number of carbonyl (C=O) groups is 1. The maximum atomic E-state index is 11.7. The molecule has 0 aliphatic carbocycles. The molecular weight excluding hydrogens is 308 g/mol. The molecule has 136 valence electrons. The predicted molar refractivity (Wildman–Crippen MR) is 97.2 cm³/mol. The van der Waals surface area contributed by atoms with Crippen LogP contribution in [0, 0.1) is 17.3 Å². The first-order valence-electron chi connectivity index (χ1n) is 8.56. The standard InChI is InChI=1S/C17H36N2O3Si/c1-16(2,3)14-13(9-18)12(10-19(14)15(20)21)11-22-23(7,8)17(4,5)6/h12-14H,9-11,18H2,1-8H3,(H,20,21). The van der Waals surface area contributed by atoms with E-state index in [1.807, 2.05) is 0 Å². The highest BCUT2D eigenvalue weighted by Gasteiger charge is 2.49. The SMILES string of the molecule is CC(C)(C)C1C(CN)C(CO[Si](C)(C)C(C)(C)C)CN1C(=O)O. The van der Waals surface area contributed by atoms with Gasteiger partial charge >= 0.3 is 6.09 Å². The summed E-state index contributed by atoms with van der Waals surface area (Å²) in [5, 5.41) is 9.74. The van der Waals surface area contributed by atoms with E-state index in [0.717, 1.165) is 0 Å². The summed E-state index contributed by atoms with van der Waals surface area (Å²) in [6.45, 7) is 19.0. The Morgan fingerprint density at radius 2 is 1.78 bits per heavy atom. The minimum absolute atomic E-state index is 0.0574. The van der Waals surface area contributed by atoms with Crippen molar-refractivity contribution in [3.8, 4) is 0 Å². The van der Waals surface area contributed by atoms with E-state index in [1.54, 1.807) is 4.90 Å². The van der Waals surface area contributed by atoms with E-state index in [4.69, 9.17) is 10.2 Å². The lowest BCUT2D eigenvalue weighted by atomic mass is 9.77. The Hall–Kier alpha value is -0.593. The summed E-state index contributed by atoms with van der Waals surface area (Å²) in [7, 11) is -1.84. The van der Waals surface area contributed by atoms with Crippen LogP contribution < -0.4 is 5.73 Å². The Morgan fingerprint density at radius 1 is 1.26 bits per heavy atom. The number of amides is 1. The van der Waals surface area contributed by atoms with E-state index < -0.39 is 14.4 Å². The van der Waals surface area contributed by atoms with Crippen molar-refractivity contribution in [1.29, 1.82) is 0 Å². The van der Waals surface area contributed by atoms with Crippen molar-refractivity contribution < 1.29 is 14.3 Å². The fraction of sp³-hybridized carbons (Fsp3) is 0.941. The Kier molecular flexibility index (Phi) is 5.98. The Morgan fingerprint density at radius 3 is 2.13 bits per heavy atom. The molecule has 6 heteroatoms. The second-order valence-electron chi connectivity index (χ2n) is 9.48. The smallest absolute Gasteiger partial charge is 0.407 e. The van der Waals surface area contributed by atoms with Crippen LogP contribution in [0.5, 0.6) is 0 Å². The third-order valence-electron chi connectivity index (χ3n) is 5.65. The summed E-state index contributed by atoms with van der Waals surface area (Å²) in [4.78, 5) is 13.3. The zero-order chi connectivity index (χ0) is 18.2. The highest BCUT2D eigenvalue weighted by Crippen LogP contribution is 2.42. The van der Waals surface area contributed by atoms with Crippen LogP contribution >= 0.6 is 0 Å². The topological polar surface area (TPSA) is 75.8 Å². The molecule has 0 aromatic carbocycles. The van der Waals surface area contributed by atoms with Gasteiger partial charge in [-0.15, -0.1) is 0 Å². The predicted octanol–water partition coefficient (Wildman–Crippen LogP) is 3.61. The normalized spacial score (nSPS) is 26.7. The summed E-state index contributed by atoms with van der Waals surface area (Å²) >= 11 is 0. The molecule has 5 nitrogen and oxygen atoms in total. The number of hydrogen-bond donors (Lipinski definition) is 2. The molecule has 0 radical (unpaired) electrons. The fourth-order valence-electron chi connectivity index (χ4n) is 3.33. The number of rotatable bonds is 4. The molecule has 1 fully saturated rings. The summed E-state index contributed by atoms with van der Waals surface area (Å²) < 4.78 is 6.36. The molecule has 1 heterocycles. The van der Waals surface area contributed by atoms with Crippen LogP contribution in [0.15, 0.2) is 0 Å². The number of hydrogen-bond acceptors (Lipinski definition) is 3. The van der Waals surface area contributed by atoms with Gasteiger partial charge in [-0.1, -0.05) is 41.5 Å².